The van der Waals surface area contributed by atoms with Crippen LogP contribution in [0.3, 0.4) is 0 Å². The van der Waals surface area contributed by atoms with Crippen molar-refractivity contribution in [2.45, 2.75) is 19.8 Å². The number of rotatable bonds is 10. The molecule has 1 fully saturated rings. The summed E-state index contributed by atoms with van der Waals surface area (Å²) in [4.78, 5) is 28.7. The molecule has 2 aromatic heterocycles. The number of pyridine rings is 1. The second kappa shape index (κ2) is 12.2. The highest BCUT2D eigenvalue weighted by Crippen LogP contribution is 2.30. The van der Waals surface area contributed by atoms with Gasteiger partial charge in [0, 0.05) is 51.2 Å². The Hall–Kier alpha value is -3.37. The zero-order valence-corrected chi connectivity index (χ0v) is 23.9. The van der Waals surface area contributed by atoms with E-state index in [9.17, 15) is 9.18 Å². The van der Waals surface area contributed by atoms with Crippen LogP contribution in [-0.4, -0.2) is 72.9 Å². The third-order valence-corrected chi connectivity index (χ3v) is 7.87. The number of aryl methyl sites for hydroxylation is 1. The van der Waals surface area contributed by atoms with E-state index in [-0.39, 0.29) is 12.2 Å². The first-order valence-electron chi connectivity index (χ1n) is 13.3. The molecule has 3 N–H and O–H groups in total. The summed E-state index contributed by atoms with van der Waals surface area (Å²) in [5.41, 5.74) is 6.11. The van der Waals surface area contributed by atoms with Gasteiger partial charge in [0.25, 0.3) is 5.56 Å². The van der Waals surface area contributed by atoms with Gasteiger partial charge in [0.2, 0.25) is 0 Å². The molecule has 0 bridgehead atoms. The third-order valence-electron chi connectivity index (χ3n) is 7.25. The van der Waals surface area contributed by atoms with Crippen molar-refractivity contribution < 1.29 is 9.13 Å². The monoisotopic (exact) mass is 596 g/mol. The van der Waals surface area contributed by atoms with Gasteiger partial charge in [0.1, 0.15) is 17.1 Å². The first-order valence-corrected chi connectivity index (χ1v) is 14.1. The van der Waals surface area contributed by atoms with Crippen LogP contribution in [-0.2, 0) is 6.42 Å². The minimum atomic E-state index is -0.264. The lowest BCUT2D eigenvalue weighted by Crippen LogP contribution is -2.46. The summed E-state index contributed by atoms with van der Waals surface area (Å²) < 4.78 is 18.8. The Kier molecular flexibility index (Phi) is 8.52. The molecule has 206 valence electrons. The standard InChI is InChI=1S/C29H34BrFN6O2/c1-19-16-21(37-14-12-36(13-15-37)11-3-8-31)18-24-27(19)35-28(34-24)26-23(7-10-33-29(26)38)32-9-6-20-4-5-25(39-2)22(30)17-20/h4-5,7,10,16-18H,3,6,8-9,11-15H2,1-2H3,(H,34,35)(H2,32,33,38). The first-order chi connectivity index (χ1) is 19.0. The SMILES string of the molecule is COc1ccc(CCNc2cc[nH]c(=O)c2-c2nc3c(C)cc(N4CCN(CCCF)CC4)cc3[nH]2)cc1Br. The van der Waals surface area contributed by atoms with Crippen LogP contribution >= 0.6 is 15.9 Å². The van der Waals surface area contributed by atoms with E-state index >= 15 is 0 Å². The number of imidazole rings is 1. The molecule has 2 aromatic carbocycles. The molecule has 1 aliphatic rings. The van der Waals surface area contributed by atoms with Crippen LogP contribution in [0.2, 0.25) is 0 Å². The Bertz CT molecular complexity index is 1500. The predicted molar refractivity (Wildman–Crippen MR) is 159 cm³/mol. The third kappa shape index (κ3) is 6.12. The van der Waals surface area contributed by atoms with Gasteiger partial charge >= 0.3 is 0 Å². The number of nitrogens with zero attached hydrogens (tertiary/aromatic N) is 3. The molecule has 0 saturated carbocycles. The average Bonchev–Trinajstić information content (AvgIpc) is 3.37. The number of piperazine rings is 1. The van der Waals surface area contributed by atoms with Gasteiger partial charge in [-0.15, -0.1) is 0 Å². The smallest absolute Gasteiger partial charge is 0.261 e. The first kappa shape index (κ1) is 27.2. The van der Waals surface area contributed by atoms with E-state index in [4.69, 9.17) is 9.72 Å². The van der Waals surface area contributed by atoms with E-state index in [1.165, 1.54) is 0 Å². The lowest BCUT2D eigenvalue weighted by Gasteiger charge is -2.36. The number of fused-ring (bicyclic) bond motifs is 1. The second-order valence-electron chi connectivity index (χ2n) is 9.86. The molecule has 0 aliphatic carbocycles. The maximum atomic E-state index is 13.0. The lowest BCUT2D eigenvalue weighted by molar-refractivity contribution is 0.245. The van der Waals surface area contributed by atoms with Crippen LogP contribution in [0.25, 0.3) is 22.4 Å². The zero-order valence-electron chi connectivity index (χ0n) is 22.3. The Labute approximate surface area is 235 Å². The van der Waals surface area contributed by atoms with E-state index in [0.717, 1.165) is 82.9 Å². The number of H-pyrrole nitrogens is 2. The predicted octanol–water partition coefficient (Wildman–Crippen LogP) is 5.13. The molecule has 0 atom stereocenters. The van der Waals surface area contributed by atoms with E-state index < -0.39 is 0 Å². The number of halogens is 2. The summed E-state index contributed by atoms with van der Waals surface area (Å²) in [6, 6.07) is 12.2. The molecule has 0 spiro atoms. The number of nitrogens with one attached hydrogen (secondary N) is 3. The van der Waals surface area contributed by atoms with E-state index in [1.54, 1.807) is 13.3 Å². The van der Waals surface area contributed by atoms with Crippen LogP contribution in [0.15, 0.2) is 51.9 Å². The van der Waals surface area contributed by atoms with Gasteiger partial charge in [-0.1, -0.05) is 6.07 Å². The average molecular weight is 598 g/mol. The minimum Gasteiger partial charge on any atom is -0.496 e. The molecule has 1 saturated heterocycles. The molecule has 8 nitrogen and oxygen atoms in total. The van der Waals surface area contributed by atoms with Crippen LogP contribution in [0.4, 0.5) is 15.8 Å². The van der Waals surface area contributed by atoms with Crippen molar-refractivity contribution in [3.05, 3.63) is 68.5 Å². The van der Waals surface area contributed by atoms with Crippen molar-refractivity contribution in [2.24, 2.45) is 0 Å². The summed E-state index contributed by atoms with van der Waals surface area (Å²) in [6.07, 6.45) is 3.02. The summed E-state index contributed by atoms with van der Waals surface area (Å²) >= 11 is 3.54. The number of anilines is 2. The van der Waals surface area contributed by atoms with Crippen LogP contribution < -0.4 is 20.5 Å². The molecular weight excluding hydrogens is 563 g/mol. The highest BCUT2D eigenvalue weighted by Gasteiger charge is 2.20. The Balaban J connectivity index is 1.34. The quantitative estimate of drug-likeness (QED) is 0.235. The Morgan fingerprint density at radius 2 is 1.97 bits per heavy atom. The minimum absolute atomic E-state index is 0.200. The summed E-state index contributed by atoms with van der Waals surface area (Å²) in [5, 5.41) is 3.43. The van der Waals surface area contributed by atoms with Crippen LogP contribution in [0.1, 0.15) is 17.5 Å². The summed E-state index contributed by atoms with van der Waals surface area (Å²) in [5.74, 6) is 1.33. The maximum Gasteiger partial charge on any atom is 0.261 e. The number of aromatic amines is 2. The number of hydrogen-bond acceptors (Lipinski definition) is 6. The number of methoxy groups -OCH3 is 1. The molecular formula is C29H34BrFN6O2. The van der Waals surface area contributed by atoms with E-state index in [0.29, 0.717) is 24.4 Å². The number of alkyl halides is 1. The molecule has 10 heteroatoms. The van der Waals surface area contributed by atoms with Gasteiger partial charge < -0.3 is 24.9 Å². The van der Waals surface area contributed by atoms with Crippen LogP contribution in [0, 0.1) is 6.92 Å². The Morgan fingerprint density at radius 1 is 1.15 bits per heavy atom. The van der Waals surface area contributed by atoms with Crippen molar-refractivity contribution in [1.29, 1.82) is 0 Å². The van der Waals surface area contributed by atoms with Crippen molar-refractivity contribution in [3.8, 4) is 17.1 Å². The fraction of sp³-hybridized carbons (Fsp3) is 0.379. The van der Waals surface area contributed by atoms with Crippen molar-refractivity contribution in [3.63, 3.8) is 0 Å². The normalized spacial score (nSPS) is 14.2. The molecule has 1 aliphatic heterocycles. The van der Waals surface area contributed by atoms with Crippen molar-refractivity contribution in [2.75, 3.05) is 63.3 Å². The van der Waals surface area contributed by atoms with Crippen molar-refractivity contribution >= 4 is 38.3 Å². The molecule has 0 amide bonds. The highest BCUT2D eigenvalue weighted by molar-refractivity contribution is 9.10. The number of benzene rings is 2. The summed E-state index contributed by atoms with van der Waals surface area (Å²) in [6.45, 7) is 6.89. The van der Waals surface area contributed by atoms with Crippen LogP contribution in [0.5, 0.6) is 5.75 Å². The topological polar surface area (TPSA) is 89.3 Å². The fourth-order valence-corrected chi connectivity index (χ4v) is 5.74. The van der Waals surface area contributed by atoms with Crippen molar-refractivity contribution in [1.82, 2.24) is 19.9 Å². The van der Waals surface area contributed by atoms with E-state index in [1.807, 2.05) is 24.3 Å². The van der Waals surface area contributed by atoms with E-state index in [2.05, 4.69) is 60.1 Å². The molecule has 5 rings (SSSR count). The fourth-order valence-electron chi connectivity index (χ4n) is 5.15. The Morgan fingerprint density at radius 3 is 2.72 bits per heavy atom. The second-order valence-corrected chi connectivity index (χ2v) is 10.7. The molecule has 39 heavy (non-hydrogen) atoms. The van der Waals surface area contributed by atoms with Gasteiger partial charge in [-0.3, -0.25) is 14.1 Å². The van der Waals surface area contributed by atoms with Gasteiger partial charge in [-0.2, -0.15) is 0 Å². The number of ether oxygens (including phenoxy) is 1. The van der Waals surface area contributed by atoms with Gasteiger partial charge in [0.15, 0.2) is 0 Å². The van der Waals surface area contributed by atoms with Gasteiger partial charge in [-0.25, -0.2) is 4.98 Å². The highest BCUT2D eigenvalue weighted by atomic mass is 79.9. The lowest BCUT2D eigenvalue weighted by atomic mass is 10.1. The largest absolute Gasteiger partial charge is 0.496 e. The van der Waals surface area contributed by atoms with Gasteiger partial charge in [0.05, 0.1) is 35.0 Å². The number of hydrogen-bond donors (Lipinski definition) is 3. The zero-order chi connectivity index (χ0) is 27.4. The molecule has 3 heterocycles. The molecule has 4 aromatic rings. The maximum absolute atomic E-state index is 13.0. The van der Waals surface area contributed by atoms with Gasteiger partial charge in [-0.05, 0) is 77.2 Å². The molecule has 0 unspecified atom stereocenters. The molecule has 0 radical (unpaired) electrons. The summed E-state index contributed by atoms with van der Waals surface area (Å²) in [7, 11) is 1.65. The number of aromatic nitrogens is 3.